The number of nitrogens with zero attached hydrogens (tertiary/aromatic N) is 2. The first-order valence-corrected chi connectivity index (χ1v) is 6.12. The molecule has 1 aromatic heterocycles. The number of halogens is 1. The second-order valence-electron chi connectivity index (χ2n) is 4.17. The highest BCUT2D eigenvalue weighted by Gasteiger charge is 2.16. The van der Waals surface area contributed by atoms with E-state index in [-0.39, 0.29) is 6.04 Å². The van der Waals surface area contributed by atoms with E-state index in [1.54, 1.807) is 6.26 Å². The van der Waals surface area contributed by atoms with Crippen molar-refractivity contribution >= 4 is 17.6 Å². The molecule has 0 fully saturated rings. The van der Waals surface area contributed by atoms with Crippen LogP contribution in [0.15, 0.2) is 34.9 Å². The summed E-state index contributed by atoms with van der Waals surface area (Å²) < 4.78 is 5.39. The third-order valence-corrected chi connectivity index (χ3v) is 3.20. The molecule has 0 saturated heterocycles. The van der Waals surface area contributed by atoms with Gasteiger partial charge >= 0.3 is 0 Å². The van der Waals surface area contributed by atoms with Crippen molar-refractivity contribution in [2.45, 2.75) is 19.5 Å². The van der Waals surface area contributed by atoms with E-state index in [1.165, 1.54) is 0 Å². The van der Waals surface area contributed by atoms with E-state index in [9.17, 15) is 0 Å². The van der Waals surface area contributed by atoms with Gasteiger partial charge in [-0.1, -0.05) is 23.7 Å². The molecule has 5 heteroatoms. The number of rotatable bonds is 4. The van der Waals surface area contributed by atoms with Crippen LogP contribution in [0, 0.1) is 0 Å². The number of hydrogen-bond acceptors (Lipinski definition) is 4. The van der Waals surface area contributed by atoms with Gasteiger partial charge in [-0.15, -0.1) is 0 Å². The van der Waals surface area contributed by atoms with Gasteiger partial charge in [0.05, 0.1) is 11.7 Å². The van der Waals surface area contributed by atoms with Crippen LogP contribution in [0.3, 0.4) is 0 Å². The highest BCUT2D eigenvalue weighted by Crippen LogP contribution is 2.26. The number of anilines is 1. The molecule has 0 spiro atoms. The molecule has 18 heavy (non-hydrogen) atoms. The zero-order valence-corrected chi connectivity index (χ0v) is 11.2. The summed E-state index contributed by atoms with van der Waals surface area (Å²) in [6, 6.07) is 8.43. The van der Waals surface area contributed by atoms with Crippen molar-refractivity contribution in [3.8, 4) is 0 Å². The molecule has 0 aliphatic rings. The summed E-state index contributed by atoms with van der Waals surface area (Å²) in [6.07, 6.45) is 1.58. The van der Waals surface area contributed by atoms with Crippen molar-refractivity contribution in [1.82, 2.24) is 4.98 Å². The first-order chi connectivity index (χ1) is 8.61. The fourth-order valence-corrected chi connectivity index (χ4v) is 1.91. The number of nitrogens with two attached hydrogens (primary N) is 1. The second-order valence-corrected chi connectivity index (χ2v) is 4.60. The normalized spacial score (nSPS) is 12.4. The Bertz CT molecular complexity index is 526. The number of aromatic nitrogens is 1. The monoisotopic (exact) mass is 265 g/mol. The van der Waals surface area contributed by atoms with Crippen LogP contribution in [-0.4, -0.2) is 12.0 Å². The smallest absolute Gasteiger partial charge is 0.297 e. The fraction of sp³-hybridized carbons (Fsp3) is 0.308. The highest BCUT2D eigenvalue weighted by atomic mass is 35.5. The Balaban J connectivity index is 2.20. The topological polar surface area (TPSA) is 55.3 Å². The first kappa shape index (κ1) is 12.9. The quantitative estimate of drug-likeness (QED) is 0.923. The molecular formula is C13H16ClN3O. The minimum absolute atomic E-state index is 0.118. The molecule has 1 heterocycles. The van der Waals surface area contributed by atoms with E-state index in [0.29, 0.717) is 12.6 Å². The molecule has 0 bridgehead atoms. The van der Waals surface area contributed by atoms with Gasteiger partial charge in [-0.25, -0.2) is 0 Å². The maximum atomic E-state index is 5.99. The van der Waals surface area contributed by atoms with E-state index in [0.717, 1.165) is 16.3 Å². The van der Waals surface area contributed by atoms with Crippen LogP contribution in [0.25, 0.3) is 0 Å². The van der Waals surface area contributed by atoms with Gasteiger partial charge in [0.15, 0.2) is 0 Å². The lowest BCUT2D eigenvalue weighted by atomic mass is 10.1. The molecule has 0 radical (unpaired) electrons. The summed E-state index contributed by atoms with van der Waals surface area (Å²) in [7, 11) is 1.93. The third-order valence-electron chi connectivity index (χ3n) is 2.96. The van der Waals surface area contributed by atoms with Gasteiger partial charge in [-0.05, 0) is 24.6 Å². The maximum absolute atomic E-state index is 5.99. The van der Waals surface area contributed by atoms with Crippen molar-refractivity contribution in [2.75, 3.05) is 11.9 Å². The number of benzene rings is 1. The lowest BCUT2D eigenvalue weighted by Crippen LogP contribution is -2.22. The molecule has 4 nitrogen and oxygen atoms in total. The van der Waals surface area contributed by atoms with Gasteiger partial charge in [-0.3, -0.25) is 0 Å². The van der Waals surface area contributed by atoms with Crippen molar-refractivity contribution < 1.29 is 4.42 Å². The Kier molecular flexibility index (Phi) is 3.89. The van der Waals surface area contributed by atoms with Crippen molar-refractivity contribution in [3.05, 3.63) is 46.8 Å². The summed E-state index contributed by atoms with van der Waals surface area (Å²) in [5, 5.41) is 0.725. The standard InChI is InChI=1S/C13H16ClN3O/c1-9(10-4-3-5-11(14)6-10)17(2)13-16-12(7-15)8-18-13/h3-6,8-9H,7,15H2,1-2H3. The predicted octanol–water partition coefficient (Wildman–Crippen LogP) is 2.98. The first-order valence-electron chi connectivity index (χ1n) is 5.74. The molecule has 1 atom stereocenters. The van der Waals surface area contributed by atoms with E-state index < -0.39 is 0 Å². The zero-order valence-electron chi connectivity index (χ0n) is 10.4. The minimum Gasteiger partial charge on any atom is -0.432 e. The average molecular weight is 266 g/mol. The third kappa shape index (κ3) is 2.66. The van der Waals surface area contributed by atoms with Gasteiger partial charge in [0.25, 0.3) is 6.01 Å². The van der Waals surface area contributed by atoms with E-state index >= 15 is 0 Å². The predicted molar refractivity (Wildman–Crippen MR) is 72.7 cm³/mol. The zero-order chi connectivity index (χ0) is 13.1. The Morgan fingerprint density at radius 2 is 2.28 bits per heavy atom. The molecule has 0 amide bonds. The van der Waals surface area contributed by atoms with Gasteiger partial charge in [-0.2, -0.15) is 4.98 Å². The number of hydrogen-bond donors (Lipinski definition) is 1. The van der Waals surface area contributed by atoms with Crippen LogP contribution in [0.5, 0.6) is 0 Å². The van der Waals surface area contributed by atoms with Crippen molar-refractivity contribution in [2.24, 2.45) is 5.73 Å². The second kappa shape index (κ2) is 5.42. The molecule has 2 aromatic rings. The summed E-state index contributed by atoms with van der Waals surface area (Å²) in [5.74, 6) is 0. The minimum atomic E-state index is 0.118. The molecule has 2 rings (SSSR count). The maximum Gasteiger partial charge on any atom is 0.297 e. The van der Waals surface area contributed by atoms with Gasteiger partial charge in [0.1, 0.15) is 6.26 Å². The van der Waals surface area contributed by atoms with Gasteiger partial charge in [0.2, 0.25) is 0 Å². The Labute approximate surface area is 111 Å². The Morgan fingerprint density at radius 3 is 2.89 bits per heavy atom. The van der Waals surface area contributed by atoms with E-state index in [2.05, 4.69) is 11.9 Å². The molecule has 2 N–H and O–H groups in total. The molecule has 0 aliphatic heterocycles. The molecule has 1 unspecified atom stereocenters. The molecule has 0 aliphatic carbocycles. The van der Waals surface area contributed by atoms with E-state index in [4.69, 9.17) is 21.8 Å². The Morgan fingerprint density at radius 1 is 1.50 bits per heavy atom. The van der Waals surface area contributed by atoms with Crippen LogP contribution in [0.1, 0.15) is 24.2 Å². The Hall–Kier alpha value is -1.52. The summed E-state index contributed by atoms with van der Waals surface area (Å²) in [5.41, 5.74) is 7.37. The van der Waals surface area contributed by atoms with Crippen LogP contribution in [0.4, 0.5) is 6.01 Å². The van der Waals surface area contributed by atoms with Gasteiger partial charge in [0, 0.05) is 18.6 Å². The van der Waals surface area contributed by atoms with Crippen molar-refractivity contribution in [1.29, 1.82) is 0 Å². The lowest BCUT2D eigenvalue weighted by molar-refractivity contribution is 0.525. The average Bonchev–Trinajstić information content (AvgIpc) is 2.85. The summed E-state index contributed by atoms with van der Waals surface area (Å²) in [6.45, 7) is 2.45. The summed E-state index contributed by atoms with van der Waals surface area (Å²) in [4.78, 5) is 6.25. The fourth-order valence-electron chi connectivity index (χ4n) is 1.71. The molecular weight excluding hydrogens is 250 g/mol. The van der Waals surface area contributed by atoms with Crippen LogP contribution < -0.4 is 10.6 Å². The number of oxazole rings is 1. The SMILES string of the molecule is CC(c1cccc(Cl)c1)N(C)c1nc(CN)co1. The van der Waals surface area contributed by atoms with Crippen molar-refractivity contribution in [3.63, 3.8) is 0 Å². The van der Waals surface area contributed by atoms with Crippen LogP contribution >= 0.6 is 11.6 Å². The van der Waals surface area contributed by atoms with E-state index in [1.807, 2.05) is 36.2 Å². The molecule has 1 aromatic carbocycles. The van der Waals surface area contributed by atoms with Crippen LogP contribution in [-0.2, 0) is 6.54 Å². The highest BCUT2D eigenvalue weighted by molar-refractivity contribution is 6.30. The lowest BCUT2D eigenvalue weighted by Gasteiger charge is -2.23. The van der Waals surface area contributed by atoms with Crippen LogP contribution in [0.2, 0.25) is 5.02 Å². The largest absolute Gasteiger partial charge is 0.432 e. The summed E-state index contributed by atoms with van der Waals surface area (Å²) >= 11 is 5.99. The molecule has 96 valence electrons. The molecule has 0 saturated carbocycles. The van der Waals surface area contributed by atoms with Gasteiger partial charge < -0.3 is 15.1 Å².